The molecule has 0 N–H and O–H groups in total. The van der Waals surface area contributed by atoms with Crippen molar-refractivity contribution in [3.8, 4) is 0 Å². The lowest BCUT2D eigenvalue weighted by atomic mass is 10.0. The van der Waals surface area contributed by atoms with Crippen molar-refractivity contribution in [2.45, 2.75) is 32.6 Å². The van der Waals surface area contributed by atoms with Crippen LogP contribution in [0.25, 0.3) is 0 Å². The van der Waals surface area contributed by atoms with Crippen LogP contribution in [0.4, 0.5) is 5.82 Å². The minimum atomic E-state index is 0.824. The molecule has 0 radical (unpaired) electrons. The topological polar surface area (TPSA) is 35.5 Å². The van der Waals surface area contributed by atoms with Crippen molar-refractivity contribution in [2.24, 2.45) is 11.8 Å². The minimum Gasteiger partial charge on any atom is -0.356 e. The van der Waals surface area contributed by atoms with Gasteiger partial charge in [0.2, 0.25) is 0 Å². The second-order valence-electron chi connectivity index (χ2n) is 7.96. The first-order chi connectivity index (χ1) is 11.8. The summed E-state index contributed by atoms with van der Waals surface area (Å²) in [6.45, 7) is 12.1. The Kier molecular flexibility index (Phi) is 4.99. The van der Waals surface area contributed by atoms with E-state index in [0.717, 1.165) is 23.3 Å². The van der Waals surface area contributed by atoms with Crippen LogP contribution in [0.15, 0.2) is 12.4 Å². The van der Waals surface area contributed by atoms with Gasteiger partial charge < -0.3 is 14.7 Å². The zero-order chi connectivity index (χ0) is 16.4. The van der Waals surface area contributed by atoms with Gasteiger partial charge in [0.15, 0.2) is 0 Å². The van der Waals surface area contributed by atoms with Crippen molar-refractivity contribution >= 4 is 5.82 Å². The molecular weight excluding hydrogens is 298 g/mol. The van der Waals surface area contributed by atoms with Gasteiger partial charge in [0.1, 0.15) is 12.1 Å². The standard InChI is InChI=1S/C19H31N5/c1-16-10-19(21-15-20-16)24-13-17-11-23(12-18(17)14-24)9-8-22-6-4-2-3-5-7-22/h10,15,17-18H,2-9,11-14H2,1H3. The quantitative estimate of drug-likeness (QED) is 0.845. The average molecular weight is 329 g/mol. The maximum Gasteiger partial charge on any atom is 0.132 e. The molecule has 1 aromatic heterocycles. The molecule has 2 unspecified atom stereocenters. The molecule has 132 valence electrons. The van der Waals surface area contributed by atoms with Crippen molar-refractivity contribution < 1.29 is 0 Å². The van der Waals surface area contributed by atoms with Crippen LogP contribution in [0, 0.1) is 18.8 Å². The van der Waals surface area contributed by atoms with Crippen LogP contribution in [-0.2, 0) is 0 Å². The van der Waals surface area contributed by atoms with Crippen LogP contribution in [0.3, 0.4) is 0 Å². The lowest BCUT2D eigenvalue weighted by Gasteiger charge is -2.25. The normalized spacial score (nSPS) is 29.0. The number of hydrogen-bond donors (Lipinski definition) is 0. The van der Waals surface area contributed by atoms with Gasteiger partial charge in [-0.05, 0) is 44.7 Å². The fourth-order valence-electron chi connectivity index (χ4n) is 4.72. The predicted molar refractivity (Wildman–Crippen MR) is 97.3 cm³/mol. The van der Waals surface area contributed by atoms with Gasteiger partial charge in [-0.25, -0.2) is 9.97 Å². The number of aryl methyl sites for hydroxylation is 1. The molecule has 0 amide bonds. The lowest BCUT2D eigenvalue weighted by molar-refractivity contribution is 0.224. The highest BCUT2D eigenvalue weighted by atomic mass is 15.3. The highest BCUT2D eigenvalue weighted by molar-refractivity contribution is 5.40. The first-order valence-corrected chi connectivity index (χ1v) is 9.76. The van der Waals surface area contributed by atoms with Crippen LogP contribution >= 0.6 is 0 Å². The Morgan fingerprint density at radius 3 is 2.21 bits per heavy atom. The molecule has 3 aliphatic heterocycles. The van der Waals surface area contributed by atoms with Gasteiger partial charge in [-0.3, -0.25) is 0 Å². The molecule has 0 spiro atoms. The summed E-state index contributed by atoms with van der Waals surface area (Å²) in [4.78, 5) is 16.6. The number of likely N-dealkylation sites (tertiary alicyclic amines) is 2. The van der Waals surface area contributed by atoms with Crippen LogP contribution in [0.5, 0.6) is 0 Å². The third-order valence-corrected chi connectivity index (χ3v) is 6.11. The SMILES string of the molecule is Cc1cc(N2CC3CN(CCN4CCCCCC4)CC3C2)ncn1. The molecule has 0 bridgehead atoms. The van der Waals surface area contributed by atoms with Gasteiger partial charge in [0, 0.05) is 51.0 Å². The molecule has 3 aliphatic rings. The van der Waals surface area contributed by atoms with Gasteiger partial charge in [0.05, 0.1) is 0 Å². The molecular formula is C19H31N5. The largest absolute Gasteiger partial charge is 0.356 e. The predicted octanol–water partition coefficient (Wildman–Crippen LogP) is 2.03. The third-order valence-electron chi connectivity index (χ3n) is 6.11. The molecule has 0 aliphatic carbocycles. The van der Waals surface area contributed by atoms with E-state index >= 15 is 0 Å². The first kappa shape index (κ1) is 16.3. The Morgan fingerprint density at radius 2 is 1.54 bits per heavy atom. The number of anilines is 1. The fourth-order valence-corrected chi connectivity index (χ4v) is 4.72. The van der Waals surface area contributed by atoms with E-state index < -0.39 is 0 Å². The van der Waals surface area contributed by atoms with Gasteiger partial charge in [-0.2, -0.15) is 0 Å². The van der Waals surface area contributed by atoms with Crippen LogP contribution < -0.4 is 4.90 Å². The summed E-state index contributed by atoms with van der Waals surface area (Å²) in [6.07, 6.45) is 7.37. The molecule has 3 saturated heterocycles. The van der Waals surface area contributed by atoms with Crippen LogP contribution in [0.2, 0.25) is 0 Å². The van der Waals surface area contributed by atoms with E-state index in [1.54, 1.807) is 6.33 Å². The molecule has 24 heavy (non-hydrogen) atoms. The van der Waals surface area contributed by atoms with E-state index in [1.807, 2.05) is 6.92 Å². The summed E-state index contributed by atoms with van der Waals surface area (Å²) < 4.78 is 0. The van der Waals surface area contributed by atoms with Gasteiger partial charge >= 0.3 is 0 Å². The Bertz CT molecular complexity index is 526. The summed E-state index contributed by atoms with van der Waals surface area (Å²) >= 11 is 0. The summed E-state index contributed by atoms with van der Waals surface area (Å²) in [5.74, 6) is 2.77. The molecule has 5 nitrogen and oxygen atoms in total. The monoisotopic (exact) mass is 329 g/mol. The number of nitrogens with zero attached hydrogens (tertiary/aromatic N) is 5. The first-order valence-electron chi connectivity index (χ1n) is 9.76. The highest BCUT2D eigenvalue weighted by Gasteiger charge is 2.40. The molecule has 5 heteroatoms. The average Bonchev–Trinajstić information content (AvgIpc) is 3.02. The lowest BCUT2D eigenvalue weighted by Crippen LogP contribution is -2.36. The highest BCUT2D eigenvalue weighted by Crippen LogP contribution is 2.33. The summed E-state index contributed by atoms with van der Waals surface area (Å²) in [5.41, 5.74) is 1.07. The zero-order valence-corrected chi connectivity index (χ0v) is 15.0. The Hall–Kier alpha value is -1.20. The van der Waals surface area contributed by atoms with E-state index in [2.05, 4.69) is 30.7 Å². The second-order valence-corrected chi connectivity index (χ2v) is 7.96. The van der Waals surface area contributed by atoms with Gasteiger partial charge in [-0.15, -0.1) is 0 Å². The Balaban J connectivity index is 1.25. The van der Waals surface area contributed by atoms with Crippen molar-refractivity contribution in [1.29, 1.82) is 0 Å². The van der Waals surface area contributed by atoms with E-state index in [9.17, 15) is 0 Å². The summed E-state index contributed by atoms with van der Waals surface area (Å²) in [6, 6.07) is 2.12. The van der Waals surface area contributed by atoms with Crippen LogP contribution in [0.1, 0.15) is 31.4 Å². The van der Waals surface area contributed by atoms with Crippen LogP contribution in [-0.4, -0.2) is 72.1 Å². The molecule has 1 aromatic rings. The molecule has 3 fully saturated rings. The van der Waals surface area contributed by atoms with Crippen molar-refractivity contribution in [2.75, 3.05) is 57.3 Å². The molecule has 4 heterocycles. The van der Waals surface area contributed by atoms with E-state index in [0.29, 0.717) is 0 Å². The smallest absolute Gasteiger partial charge is 0.132 e. The van der Waals surface area contributed by atoms with Crippen molar-refractivity contribution in [3.63, 3.8) is 0 Å². The third kappa shape index (κ3) is 3.72. The number of fused-ring (bicyclic) bond motifs is 1. The molecule has 0 saturated carbocycles. The van der Waals surface area contributed by atoms with Gasteiger partial charge in [0.25, 0.3) is 0 Å². The molecule has 2 atom stereocenters. The van der Waals surface area contributed by atoms with Crippen molar-refractivity contribution in [3.05, 3.63) is 18.1 Å². The Morgan fingerprint density at radius 1 is 0.875 bits per heavy atom. The molecule has 0 aromatic carbocycles. The Labute approximate surface area is 146 Å². The van der Waals surface area contributed by atoms with Gasteiger partial charge in [-0.1, -0.05) is 12.8 Å². The maximum absolute atomic E-state index is 4.47. The van der Waals surface area contributed by atoms with Crippen molar-refractivity contribution in [1.82, 2.24) is 19.8 Å². The van der Waals surface area contributed by atoms with E-state index in [-0.39, 0.29) is 0 Å². The second kappa shape index (κ2) is 7.36. The molecule has 4 rings (SSSR count). The minimum absolute atomic E-state index is 0.824. The maximum atomic E-state index is 4.47. The number of rotatable bonds is 4. The van der Waals surface area contributed by atoms with E-state index in [1.165, 1.54) is 78.0 Å². The number of aromatic nitrogens is 2. The zero-order valence-electron chi connectivity index (χ0n) is 15.0. The summed E-state index contributed by atoms with van der Waals surface area (Å²) in [7, 11) is 0. The van der Waals surface area contributed by atoms with E-state index in [4.69, 9.17) is 0 Å². The number of hydrogen-bond acceptors (Lipinski definition) is 5. The fraction of sp³-hybridized carbons (Fsp3) is 0.789. The summed E-state index contributed by atoms with van der Waals surface area (Å²) in [5, 5.41) is 0.